The summed E-state index contributed by atoms with van der Waals surface area (Å²) < 4.78 is 5.31. The number of nitrogens with zero attached hydrogens (tertiary/aromatic N) is 3. The van der Waals surface area contributed by atoms with Gasteiger partial charge in [-0.25, -0.2) is 0 Å². The van der Waals surface area contributed by atoms with Crippen LogP contribution in [0.4, 0.5) is 5.69 Å². The first-order chi connectivity index (χ1) is 13.9. The minimum Gasteiger partial charge on any atom is -0.496 e. The third-order valence-corrected chi connectivity index (χ3v) is 5.44. The Bertz CT molecular complexity index is 865. The predicted octanol–water partition coefficient (Wildman–Crippen LogP) is 4.04. The molecule has 0 N–H and O–H groups in total. The van der Waals surface area contributed by atoms with Crippen molar-refractivity contribution in [3.8, 4) is 5.75 Å². The zero-order valence-corrected chi connectivity index (χ0v) is 17.7. The van der Waals surface area contributed by atoms with Gasteiger partial charge in [-0.15, -0.1) is 0 Å². The summed E-state index contributed by atoms with van der Waals surface area (Å²) in [5.74, 6) is 0.340. The number of piperidine rings is 1. The summed E-state index contributed by atoms with van der Waals surface area (Å²) in [5.41, 5.74) is 1.25. The summed E-state index contributed by atoms with van der Waals surface area (Å²) in [6.45, 7) is 5.03. The van der Waals surface area contributed by atoms with E-state index in [1.54, 1.807) is 40.4 Å². The van der Waals surface area contributed by atoms with E-state index in [0.29, 0.717) is 42.3 Å². The van der Waals surface area contributed by atoms with Gasteiger partial charge in [0.25, 0.3) is 5.91 Å². The molecule has 0 radical (unpaired) electrons. The number of anilines is 1. The van der Waals surface area contributed by atoms with Gasteiger partial charge in [-0.3, -0.25) is 14.6 Å². The third kappa shape index (κ3) is 4.70. The number of aromatic nitrogens is 1. The topological polar surface area (TPSA) is 62.7 Å². The number of halogens is 1. The van der Waals surface area contributed by atoms with Crippen LogP contribution in [0.15, 0.2) is 42.7 Å². The van der Waals surface area contributed by atoms with Gasteiger partial charge in [0.2, 0.25) is 5.91 Å². The van der Waals surface area contributed by atoms with Gasteiger partial charge in [0, 0.05) is 36.3 Å². The van der Waals surface area contributed by atoms with Crippen LogP contribution in [0.2, 0.25) is 5.02 Å². The van der Waals surface area contributed by atoms with Crippen molar-refractivity contribution >= 4 is 29.1 Å². The van der Waals surface area contributed by atoms with E-state index in [1.807, 2.05) is 26.0 Å². The van der Waals surface area contributed by atoms with E-state index in [2.05, 4.69) is 4.98 Å². The second-order valence-corrected chi connectivity index (χ2v) is 7.86. The Balaban J connectivity index is 1.69. The number of methoxy groups -OCH3 is 1. The fraction of sp³-hybridized carbons (Fsp3) is 0.409. The first-order valence-corrected chi connectivity index (χ1v) is 10.2. The van der Waals surface area contributed by atoms with Crippen molar-refractivity contribution in [2.45, 2.75) is 32.7 Å². The molecule has 2 heterocycles. The predicted molar refractivity (Wildman–Crippen MR) is 113 cm³/mol. The Hall–Kier alpha value is -2.60. The smallest absolute Gasteiger partial charge is 0.257 e. The van der Waals surface area contributed by atoms with Gasteiger partial charge in [-0.2, -0.15) is 0 Å². The van der Waals surface area contributed by atoms with E-state index in [0.717, 1.165) is 5.69 Å². The van der Waals surface area contributed by atoms with E-state index >= 15 is 0 Å². The number of likely N-dealkylation sites (tertiary alicyclic amines) is 1. The highest BCUT2D eigenvalue weighted by Crippen LogP contribution is 2.28. The van der Waals surface area contributed by atoms with Crippen LogP contribution in [0.25, 0.3) is 0 Å². The maximum atomic E-state index is 13.2. The van der Waals surface area contributed by atoms with Crippen LogP contribution < -0.4 is 9.64 Å². The highest BCUT2D eigenvalue weighted by molar-refractivity contribution is 6.31. The number of carbonyl (C=O) groups excluding carboxylic acids is 2. The van der Waals surface area contributed by atoms with E-state index in [4.69, 9.17) is 16.3 Å². The second-order valence-electron chi connectivity index (χ2n) is 7.42. The Kier molecular flexibility index (Phi) is 6.75. The molecule has 7 heteroatoms. The second kappa shape index (κ2) is 9.27. The molecule has 0 aliphatic carbocycles. The molecule has 3 rings (SSSR count). The quantitative estimate of drug-likeness (QED) is 0.739. The molecule has 6 nitrogen and oxygen atoms in total. The Morgan fingerprint density at radius 3 is 2.55 bits per heavy atom. The first kappa shape index (κ1) is 21.1. The number of amides is 2. The molecule has 154 valence electrons. The molecule has 29 heavy (non-hydrogen) atoms. The fourth-order valence-electron chi connectivity index (χ4n) is 3.72. The lowest BCUT2D eigenvalue weighted by molar-refractivity contribution is -0.124. The SMILES string of the molecule is COc1ccc(Cl)cc1C(=O)N1CCC(C(=O)N(c2cccnc2)C(C)C)CC1. The Morgan fingerprint density at radius 1 is 1.24 bits per heavy atom. The van der Waals surface area contributed by atoms with Gasteiger partial charge in [0.05, 0.1) is 24.6 Å². The summed E-state index contributed by atoms with van der Waals surface area (Å²) in [5, 5.41) is 0.489. The Morgan fingerprint density at radius 2 is 1.97 bits per heavy atom. The van der Waals surface area contributed by atoms with Crippen molar-refractivity contribution in [1.29, 1.82) is 0 Å². The summed E-state index contributed by atoms with van der Waals surface area (Å²) in [6.07, 6.45) is 4.65. The monoisotopic (exact) mass is 415 g/mol. The largest absolute Gasteiger partial charge is 0.496 e. The maximum Gasteiger partial charge on any atom is 0.257 e. The van der Waals surface area contributed by atoms with Gasteiger partial charge in [-0.05, 0) is 57.0 Å². The summed E-state index contributed by atoms with van der Waals surface area (Å²) in [7, 11) is 1.53. The molecule has 1 aromatic carbocycles. The van der Waals surface area contributed by atoms with Crippen molar-refractivity contribution < 1.29 is 14.3 Å². The minimum absolute atomic E-state index is 0.0297. The molecule has 0 atom stereocenters. The van der Waals surface area contributed by atoms with Gasteiger partial charge in [0.15, 0.2) is 0 Å². The summed E-state index contributed by atoms with van der Waals surface area (Å²) in [6, 6.07) is 8.78. The number of ether oxygens (including phenoxy) is 1. The number of hydrogen-bond donors (Lipinski definition) is 0. The van der Waals surface area contributed by atoms with Crippen LogP contribution >= 0.6 is 11.6 Å². The molecular formula is C22H26ClN3O3. The molecule has 1 fully saturated rings. The van der Waals surface area contributed by atoms with Crippen molar-refractivity contribution in [2.75, 3.05) is 25.1 Å². The van der Waals surface area contributed by atoms with Gasteiger partial charge >= 0.3 is 0 Å². The Labute approximate surface area is 176 Å². The van der Waals surface area contributed by atoms with Crippen molar-refractivity contribution in [1.82, 2.24) is 9.88 Å². The van der Waals surface area contributed by atoms with Crippen LogP contribution in [-0.2, 0) is 4.79 Å². The highest BCUT2D eigenvalue weighted by atomic mass is 35.5. The van der Waals surface area contributed by atoms with Crippen LogP contribution in [0.5, 0.6) is 5.75 Å². The molecule has 1 aromatic heterocycles. The van der Waals surface area contributed by atoms with Gasteiger partial charge in [0.1, 0.15) is 5.75 Å². The highest BCUT2D eigenvalue weighted by Gasteiger charge is 2.32. The fourth-order valence-corrected chi connectivity index (χ4v) is 3.89. The van der Waals surface area contributed by atoms with Gasteiger partial charge < -0.3 is 14.5 Å². The van der Waals surface area contributed by atoms with Crippen LogP contribution in [0.3, 0.4) is 0 Å². The molecule has 2 aromatic rings. The van der Waals surface area contributed by atoms with Crippen LogP contribution in [0.1, 0.15) is 37.0 Å². The normalized spacial score (nSPS) is 14.7. The third-order valence-electron chi connectivity index (χ3n) is 5.20. The molecule has 1 aliphatic heterocycles. The number of rotatable bonds is 5. The first-order valence-electron chi connectivity index (χ1n) is 9.78. The summed E-state index contributed by atoms with van der Waals surface area (Å²) >= 11 is 6.06. The zero-order valence-electron chi connectivity index (χ0n) is 17.0. The number of hydrogen-bond acceptors (Lipinski definition) is 4. The van der Waals surface area contributed by atoms with Gasteiger partial charge in [-0.1, -0.05) is 11.6 Å². The zero-order chi connectivity index (χ0) is 21.0. The van der Waals surface area contributed by atoms with E-state index in [1.165, 1.54) is 7.11 Å². The molecule has 0 spiro atoms. The molecule has 2 amide bonds. The number of carbonyl (C=O) groups is 2. The average Bonchev–Trinajstić information content (AvgIpc) is 2.74. The summed E-state index contributed by atoms with van der Waals surface area (Å²) in [4.78, 5) is 33.8. The van der Waals surface area contributed by atoms with E-state index in [9.17, 15) is 9.59 Å². The van der Waals surface area contributed by atoms with Crippen molar-refractivity contribution in [3.05, 3.63) is 53.3 Å². The molecular weight excluding hydrogens is 390 g/mol. The van der Waals surface area contributed by atoms with E-state index in [-0.39, 0.29) is 23.8 Å². The molecule has 0 saturated carbocycles. The van der Waals surface area contributed by atoms with Crippen LogP contribution in [-0.4, -0.2) is 47.9 Å². The van der Waals surface area contributed by atoms with Crippen LogP contribution in [0, 0.1) is 5.92 Å². The standard InChI is InChI=1S/C22H26ClN3O3/c1-15(2)26(18-5-4-10-24-14-18)21(27)16-8-11-25(12-9-16)22(28)19-13-17(23)6-7-20(19)29-3/h4-7,10,13-16H,8-9,11-12H2,1-3H3. The number of benzene rings is 1. The lowest BCUT2D eigenvalue weighted by atomic mass is 9.94. The molecule has 0 unspecified atom stereocenters. The number of pyridine rings is 1. The average molecular weight is 416 g/mol. The lowest BCUT2D eigenvalue weighted by Crippen LogP contribution is -2.46. The van der Waals surface area contributed by atoms with Crippen molar-refractivity contribution in [3.63, 3.8) is 0 Å². The molecule has 0 bridgehead atoms. The lowest BCUT2D eigenvalue weighted by Gasteiger charge is -2.35. The maximum absolute atomic E-state index is 13.2. The van der Waals surface area contributed by atoms with Crippen molar-refractivity contribution in [2.24, 2.45) is 5.92 Å². The minimum atomic E-state index is -0.122. The molecule has 1 saturated heterocycles. The van der Waals surface area contributed by atoms with E-state index < -0.39 is 0 Å². The molecule has 1 aliphatic rings.